The first kappa shape index (κ1) is 21.0. The Labute approximate surface area is 174 Å². The van der Waals surface area contributed by atoms with Gasteiger partial charge in [-0.1, -0.05) is 19.9 Å². The number of amides is 2. The van der Waals surface area contributed by atoms with E-state index in [4.69, 9.17) is 9.47 Å². The van der Waals surface area contributed by atoms with Crippen LogP contribution in [0.25, 0.3) is 0 Å². The van der Waals surface area contributed by atoms with Crippen LogP contribution in [-0.4, -0.2) is 52.9 Å². The highest BCUT2D eigenvalue weighted by Gasteiger charge is 2.32. The summed E-state index contributed by atoms with van der Waals surface area (Å²) in [5.41, 5.74) is 0.996. The SMILES string of the molecule is CCOc1cc([C@@H]2CC(=O)N(CC(=O)Nc3nc(C(C)C)ns3)C2)ccc1OC. The fraction of sp³-hybridized carbons (Fsp3) is 0.500. The van der Waals surface area contributed by atoms with E-state index in [0.717, 1.165) is 17.1 Å². The molecule has 0 aliphatic carbocycles. The van der Waals surface area contributed by atoms with E-state index in [9.17, 15) is 9.59 Å². The van der Waals surface area contributed by atoms with Gasteiger partial charge in [0.25, 0.3) is 0 Å². The van der Waals surface area contributed by atoms with E-state index in [1.54, 1.807) is 12.0 Å². The molecule has 8 nitrogen and oxygen atoms in total. The van der Waals surface area contributed by atoms with Crippen LogP contribution in [0.5, 0.6) is 11.5 Å². The molecule has 1 fully saturated rings. The molecule has 1 atom stereocenters. The topological polar surface area (TPSA) is 93.7 Å². The third kappa shape index (κ3) is 5.03. The molecule has 0 saturated carbocycles. The Morgan fingerprint density at radius 2 is 2.17 bits per heavy atom. The number of nitrogens with zero attached hydrogens (tertiary/aromatic N) is 3. The number of aromatic nitrogens is 2. The van der Waals surface area contributed by atoms with Gasteiger partial charge in [0.05, 0.1) is 20.3 Å². The summed E-state index contributed by atoms with van der Waals surface area (Å²) in [5.74, 6) is 1.92. The van der Waals surface area contributed by atoms with Gasteiger partial charge in [-0.15, -0.1) is 0 Å². The van der Waals surface area contributed by atoms with Crippen LogP contribution in [0.3, 0.4) is 0 Å². The zero-order chi connectivity index (χ0) is 21.0. The number of nitrogens with one attached hydrogen (secondary N) is 1. The second-order valence-electron chi connectivity index (χ2n) is 7.18. The Balaban J connectivity index is 1.62. The molecule has 29 heavy (non-hydrogen) atoms. The van der Waals surface area contributed by atoms with E-state index in [2.05, 4.69) is 14.7 Å². The van der Waals surface area contributed by atoms with Crippen molar-refractivity contribution in [2.45, 2.75) is 39.0 Å². The van der Waals surface area contributed by atoms with Crippen LogP contribution in [0.1, 0.15) is 50.4 Å². The van der Waals surface area contributed by atoms with Gasteiger partial charge in [-0.05, 0) is 24.6 Å². The number of rotatable bonds is 8. The van der Waals surface area contributed by atoms with Gasteiger partial charge in [0.15, 0.2) is 11.5 Å². The molecule has 156 valence electrons. The molecule has 0 radical (unpaired) electrons. The van der Waals surface area contributed by atoms with Crippen molar-refractivity contribution in [1.29, 1.82) is 0 Å². The summed E-state index contributed by atoms with van der Waals surface area (Å²) in [6.45, 7) is 6.91. The summed E-state index contributed by atoms with van der Waals surface area (Å²) < 4.78 is 15.2. The van der Waals surface area contributed by atoms with Crippen LogP contribution in [-0.2, 0) is 9.59 Å². The van der Waals surface area contributed by atoms with Gasteiger partial charge in [0, 0.05) is 36.3 Å². The quantitative estimate of drug-likeness (QED) is 0.708. The molecule has 0 bridgehead atoms. The van der Waals surface area contributed by atoms with Crippen molar-refractivity contribution >= 4 is 28.5 Å². The maximum atomic E-state index is 12.4. The highest BCUT2D eigenvalue weighted by atomic mass is 32.1. The van der Waals surface area contributed by atoms with Crippen molar-refractivity contribution in [3.05, 3.63) is 29.6 Å². The van der Waals surface area contributed by atoms with Crippen LogP contribution in [0, 0.1) is 0 Å². The first-order chi connectivity index (χ1) is 13.9. The van der Waals surface area contributed by atoms with Gasteiger partial charge in [-0.25, -0.2) is 4.98 Å². The lowest BCUT2D eigenvalue weighted by atomic mass is 9.98. The number of ether oxygens (including phenoxy) is 2. The van der Waals surface area contributed by atoms with E-state index in [1.165, 1.54) is 0 Å². The molecule has 3 rings (SSSR count). The van der Waals surface area contributed by atoms with E-state index in [1.807, 2.05) is 39.0 Å². The molecule has 1 N–H and O–H groups in total. The van der Waals surface area contributed by atoms with Gasteiger partial charge in [-0.2, -0.15) is 4.37 Å². The summed E-state index contributed by atoms with van der Waals surface area (Å²) in [7, 11) is 1.60. The van der Waals surface area contributed by atoms with E-state index in [0.29, 0.717) is 42.0 Å². The lowest BCUT2D eigenvalue weighted by molar-refractivity contribution is -0.131. The van der Waals surface area contributed by atoms with E-state index < -0.39 is 0 Å². The number of likely N-dealkylation sites (tertiary alicyclic amines) is 1. The molecule has 0 unspecified atom stereocenters. The predicted octanol–water partition coefficient (Wildman–Crippen LogP) is 3.02. The smallest absolute Gasteiger partial charge is 0.245 e. The van der Waals surface area contributed by atoms with Gasteiger partial charge in [0.1, 0.15) is 5.82 Å². The monoisotopic (exact) mass is 418 g/mol. The molecule has 9 heteroatoms. The third-order valence-corrected chi connectivity index (χ3v) is 5.36. The summed E-state index contributed by atoms with van der Waals surface area (Å²) in [6, 6.07) is 5.71. The zero-order valence-corrected chi connectivity index (χ0v) is 17.9. The minimum absolute atomic E-state index is 0.000394. The van der Waals surface area contributed by atoms with Gasteiger partial charge >= 0.3 is 0 Å². The van der Waals surface area contributed by atoms with Crippen molar-refractivity contribution in [3.8, 4) is 11.5 Å². The van der Waals surface area contributed by atoms with E-state index in [-0.39, 0.29) is 30.2 Å². The molecule has 1 aliphatic heterocycles. The second-order valence-corrected chi connectivity index (χ2v) is 7.93. The molecule has 0 spiro atoms. The van der Waals surface area contributed by atoms with Crippen LogP contribution >= 0.6 is 11.5 Å². The molecule has 1 aromatic carbocycles. The summed E-state index contributed by atoms with van der Waals surface area (Å²) in [6.07, 6.45) is 0.363. The highest BCUT2D eigenvalue weighted by molar-refractivity contribution is 7.09. The number of benzene rings is 1. The Bertz CT molecular complexity index is 883. The first-order valence-corrected chi connectivity index (χ1v) is 10.4. The maximum Gasteiger partial charge on any atom is 0.245 e. The van der Waals surface area contributed by atoms with Crippen LogP contribution in [0.4, 0.5) is 5.13 Å². The average molecular weight is 419 g/mol. The summed E-state index contributed by atoms with van der Waals surface area (Å²) in [4.78, 5) is 30.7. The number of hydrogen-bond acceptors (Lipinski definition) is 7. The normalized spacial score (nSPS) is 16.4. The lowest BCUT2D eigenvalue weighted by Gasteiger charge is -2.17. The van der Waals surface area contributed by atoms with Gasteiger partial charge in [0.2, 0.25) is 16.9 Å². The number of methoxy groups -OCH3 is 1. The summed E-state index contributed by atoms with van der Waals surface area (Å²) >= 11 is 1.15. The highest BCUT2D eigenvalue weighted by Crippen LogP contribution is 2.35. The Hall–Kier alpha value is -2.68. The molecule has 1 saturated heterocycles. The minimum Gasteiger partial charge on any atom is -0.493 e. The van der Waals surface area contributed by atoms with Crippen molar-refractivity contribution in [1.82, 2.24) is 14.3 Å². The third-order valence-electron chi connectivity index (χ3n) is 4.71. The predicted molar refractivity (Wildman–Crippen MR) is 111 cm³/mol. The van der Waals surface area contributed by atoms with Crippen LogP contribution < -0.4 is 14.8 Å². The maximum absolute atomic E-state index is 12.4. The standard InChI is InChI=1S/C20H26N4O4S/c1-5-28-16-8-13(6-7-15(16)27-4)14-9-18(26)24(10-14)11-17(25)21-20-22-19(12(2)3)23-29-20/h6-8,12,14H,5,9-11H2,1-4H3,(H,21,22,23,25)/t14-/m1/s1. The Morgan fingerprint density at radius 1 is 1.38 bits per heavy atom. The fourth-order valence-electron chi connectivity index (χ4n) is 3.22. The summed E-state index contributed by atoms with van der Waals surface area (Å²) in [5, 5.41) is 3.19. The number of carbonyl (C=O) groups is 2. The molecule has 2 amide bonds. The average Bonchev–Trinajstić information content (AvgIpc) is 3.29. The number of anilines is 1. The largest absolute Gasteiger partial charge is 0.493 e. The van der Waals surface area contributed by atoms with Crippen molar-refractivity contribution < 1.29 is 19.1 Å². The Morgan fingerprint density at radius 3 is 2.83 bits per heavy atom. The van der Waals surface area contributed by atoms with Gasteiger partial charge in [-0.3, -0.25) is 14.9 Å². The second kappa shape index (κ2) is 9.21. The van der Waals surface area contributed by atoms with Crippen molar-refractivity contribution in [3.63, 3.8) is 0 Å². The zero-order valence-electron chi connectivity index (χ0n) is 17.1. The molecular formula is C20H26N4O4S. The lowest BCUT2D eigenvalue weighted by Crippen LogP contribution is -2.34. The molecule has 2 heterocycles. The number of carbonyl (C=O) groups excluding carboxylic acids is 2. The van der Waals surface area contributed by atoms with Crippen LogP contribution in [0.15, 0.2) is 18.2 Å². The van der Waals surface area contributed by atoms with Crippen molar-refractivity contribution in [2.75, 3.05) is 32.1 Å². The first-order valence-electron chi connectivity index (χ1n) is 9.63. The molecule has 1 aliphatic rings. The Kier molecular flexibility index (Phi) is 6.68. The molecule has 2 aromatic rings. The van der Waals surface area contributed by atoms with Crippen LogP contribution in [0.2, 0.25) is 0 Å². The molecule has 1 aromatic heterocycles. The fourth-order valence-corrected chi connectivity index (χ4v) is 3.94. The molecular weight excluding hydrogens is 392 g/mol. The van der Waals surface area contributed by atoms with E-state index >= 15 is 0 Å². The van der Waals surface area contributed by atoms with Crippen molar-refractivity contribution in [2.24, 2.45) is 0 Å². The van der Waals surface area contributed by atoms with Gasteiger partial charge < -0.3 is 14.4 Å². The number of hydrogen-bond donors (Lipinski definition) is 1. The minimum atomic E-state index is -0.268.